The number of hydrogen-bond donors (Lipinski definition) is 0. The predicted octanol–water partition coefficient (Wildman–Crippen LogP) is 2.09. The van der Waals surface area contributed by atoms with Crippen LogP contribution in [0.3, 0.4) is 0 Å². The van der Waals surface area contributed by atoms with Crippen molar-refractivity contribution >= 4 is 5.97 Å². The minimum absolute atomic E-state index is 0.164. The smallest absolute Gasteiger partial charge is 0.399 e. The van der Waals surface area contributed by atoms with E-state index in [1.54, 1.807) is 0 Å². The standard InChI is InChI=1S/C10H11F6O3/c11-9(12,13)8(18,10(14,15)16)7(17)19-6-4-2-1-3-5-6/h6H,1-5H2/q-1. The lowest BCUT2D eigenvalue weighted by atomic mass is 9.97. The first-order chi connectivity index (χ1) is 8.50. The van der Waals surface area contributed by atoms with Crippen molar-refractivity contribution in [2.24, 2.45) is 0 Å². The highest BCUT2D eigenvalue weighted by Gasteiger charge is 2.68. The summed E-state index contributed by atoms with van der Waals surface area (Å²) < 4.78 is 77.7. The molecule has 1 aliphatic carbocycles. The summed E-state index contributed by atoms with van der Waals surface area (Å²) in [5.74, 6) is -2.82. The van der Waals surface area contributed by atoms with E-state index >= 15 is 0 Å². The molecule has 0 aliphatic heterocycles. The van der Waals surface area contributed by atoms with E-state index in [0.717, 1.165) is 6.42 Å². The van der Waals surface area contributed by atoms with Gasteiger partial charge in [0.15, 0.2) is 5.60 Å². The zero-order chi connectivity index (χ0) is 14.9. The van der Waals surface area contributed by atoms with Crippen molar-refractivity contribution in [1.82, 2.24) is 0 Å². The van der Waals surface area contributed by atoms with Crippen molar-refractivity contribution in [2.75, 3.05) is 0 Å². The van der Waals surface area contributed by atoms with Gasteiger partial charge in [-0.25, -0.2) is 0 Å². The number of hydrogen-bond acceptors (Lipinski definition) is 3. The summed E-state index contributed by atoms with van der Waals surface area (Å²) in [4.78, 5) is 11.1. The molecule has 0 radical (unpaired) electrons. The van der Waals surface area contributed by atoms with Crippen molar-refractivity contribution in [3.63, 3.8) is 0 Å². The molecule has 112 valence electrons. The summed E-state index contributed by atoms with van der Waals surface area (Å²) in [7, 11) is 0. The molecule has 0 N–H and O–H groups in total. The highest BCUT2D eigenvalue weighted by Crippen LogP contribution is 2.42. The predicted molar refractivity (Wildman–Crippen MR) is 47.8 cm³/mol. The van der Waals surface area contributed by atoms with Crippen molar-refractivity contribution in [3.8, 4) is 0 Å². The Morgan fingerprint density at radius 3 is 1.74 bits per heavy atom. The van der Waals surface area contributed by atoms with Gasteiger partial charge in [-0.3, -0.25) is 4.79 Å². The van der Waals surface area contributed by atoms with Crippen molar-refractivity contribution < 1.29 is 41.0 Å². The van der Waals surface area contributed by atoms with Gasteiger partial charge in [-0.2, -0.15) is 26.3 Å². The molecule has 19 heavy (non-hydrogen) atoms. The first-order valence-corrected chi connectivity index (χ1v) is 5.55. The maximum Gasteiger partial charge on any atom is 0.399 e. The van der Waals surface area contributed by atoms with Crippen LogP contribution in [0.5, 0.6) is 0 Å². The van der Waals surface area contributed by atoms with Crippen LogP contribution in [0.15, 0.2) is 0 Å². The lowest BCUT2D eigenvalue weighted by Crippen LogP contribution is -2.71. The molecule has 1 aliphatic rings. The van der Waals surface area contributed by atoms with Crippen LogP contribution in [0.25, 0.3) is 0 Å². The average molecular weight is 293 g/mol. The molecule has 0 saturated heterocycles. The normalized spacial score (nSPS) is 19.3. The van der Waals surface area contributed by atoms with E-state index in [0.29, 0.717) is 12.8 Å². The molecular weight excluding hydrogens is 282 g/mol. The minimum atomic E-state index is -6.29. The van der Waals surface area contributed by atoms with E-state index in [1.807, 2.05) is 0 Å². The van der Waals surface area contributed by atoms with Gasteiger partial charge in [0, 0.05) is 0 Å². The molecule has 0 spiro atoms. The molecule has 0 atom stereocenters. The molecule has 0 heterocycles. The lowest BCUT2D eigenvalue weighted by molar-refractivity contribution is -0.574. The van der Waals surface area contributed by atoms with Gasteiger partial charge in [-0.05, 0) is 25.7 Å². The molecule has 1 saturated carbocycles. The molecule has 1 rings (SSSR count). The Morgan fingerprint density at radius 2 is 1.37 bits per heavy atom. The number of rotatable bonds is 2. The van der Waals surface area contributed by atoms with Crippen molar-refractivity contribution in [3.05, 3.63) is 0 Å². The first-order valence-electron chi connectivity index (χ1n) is 5.55. The molecule has 9 heteroatoms. The molecule has 0 unspecified atom stereocenters. The topological polar surface area (TPSA) is 49.4 Å². The second-order valence-electron chi connectivity index (χ2n) is 4.34. The lowest BCUT2D eigenvalue weighted by Gasteiger charge is -2.41. The molecule has 3 nitrogen and oxygen atoms in total. The third-order valence-electron chi connectivity index (χ3n) is 2.91. The number of alkyl halides is 6. The zero-order valence-corrected chi connectivity index (χ0v) is 9.61. The third kappa shape index (κ3) is 3.13. The monoisotopic (exact) mass is 293 g/mol. The fraction of sp³-hybridized carbons (Fsp3) is 0.900. The number of carbonyl (C=O) groups excluding carboxylic acids is 1. The first kappa shape index (κ1) is 16.1. The highest BCUT2D eigenvalue weighted by molar-refractivity contribution is 5.81. The third-order valence-corrected chi connectivity index (χ3v) is 2.91. The fourth-order valence-electron chi connectivity index (χ4n) is 1.81. The van der Waals surface area contributed by atoms with Crippen LogP contribution >= 0.6 is 0 Å². The van der Waals surface area contributed by atoms with Gasteiger partial charge in [0.05, 0.1) is 0 Å². The maximum atomic E-state index is 12.3. The number of ether oxygens (including phenoxy) is 1. The van der Waals surface area contributed by atoms with Crippen molar-refractivity contribution in [1.29, 1.82) is 0 Å². The molecule has 0 bridgehead atoms. The van der Waals surface area contributed by atoms with E-state index in [4.69, 9.17) is 0 Å². The summed E-state index contributed by atoms with van der Waals surface area (Å²) in [6.45, 7) is 0. The molecule has 0 amide bonds. The van der Waals surface area contributed by atoms with E-state index < -0.39 is 30.0 Å². The summed E-state index contributed by atoms with van der Waals surface area (Å²) in [5.41, 5.74) is -5.72. The van der Waals surface area contributed by atoms with Gasteiger partial charge in [-0.1, -0.05) is 6.42 Å². The van der Waals surface area contributed by atoms with E-state index in [-0.39, 0.29) is 12.8 Å². The van der Waals surface area contributed by atoms with E-state index in [2.05, 4.69) is 4.74 Å². The van der Waals surface area contributed by atoms with E-state index in [9.17, 15) is 36.2 Å². The fourth-order valence-corrected chi connectivity index (χ4v) is 1.81. The Balaban J connectivity index is 2.90. The van der Waals surface area contributed by atoms with Crippen LogP contribution in [-0.2, 0) is 9.53 Å². The van der Waals surface area contributed by atoms with Gasteiger partial charge in [-0.15, -0.1) is 0 Å². The summed E-state index contributed by atoms with van der Waals surface area (Å²) >= 11 is 0. The Kier molecular flexibility index (Phi) is 4.38. The van der Waals surface area contributed by atoms with Gasteiger partial charge < -0.3 is 9.84 Å². The largest absolute Gasteiger partial charge is 0.828 e. The Bertz CT molecular complexity index is 315. The number of esters is 1. The van der Waals surface area contributed by atoms with Crippen LogP contribution < -0.4 is 5.11 Å². The van der Waals surface area contributed by atoms with Gasteiger partial charge >= 0.3 is 18.3 Å². The second-order valence-corrected chi connectivity index (χ2v) is 4.34. The Labute approximate surface area is 104 Å². The van der Waals surface area contributed by atoms with Crippen LogP contribution in [0, 0.1) is 0 Å². The van der Waals surface area contributed by atoms with Crippen LogP contribution in [-0.4, -0.2) is 30.0 Å². The van der Waals surface area contributed by atoms with Gasteiger partial charge in [0.2, 0.25) is 0 Å². The van der Waals surface area contributed by atoms with Crippen LogP contribution in [0.4, 0.5) is 26.3 Å². The molecule has 0 aromatic carbocycles. The average Bonchev–Trinajstić information content (AvgIpc) is 2.26. The van der Waals surface area contributed by atoms with Crippen LogP contribution in [0.1, 0.15) is 32.1 Å². The number of halogens is 6. The number of carbonyl (C=O) groups is 1. The quantitative estimate of drug-likeness (QED) is 0.578. The van der Waals surface area contributed by atoms with Gasteiger partial charge in [0.25, 0.3) is 0 Å². The van der Waals surface area contributed by atoms with Crippen molar-refractivity contribution in [2.45, 2.75) is 56.2 Å². The van der Waals surface area contributed by atoms with Crippen LogP contribution in [0.2, 0.25) is 0 Å². The maximum absolute atomic E-state index is 12.3. The Morgan fingerprint density at radius 1 is 0.947 bits per heavy atom. The van der Waals surface area contributed by atoms with Gasteiger partial charge in [0.1, 0.15) is 6.10 Å². The molecule has 0 aromatic rings. The molecule has 1 fully saturated rings. The Hall–Kier alpha value is -0.990. The summed E-state index contributed by atoms with van der Waals surface area (Å²) in [6, 6.07) is 0. The minimum Gasteiger partial charge on any atom is -0.828 e. The summed E-state index contributed by atoms with van der Waals surface area (Å²) in [5, 5.41) is 11.0. The zero-order valence-electron chi connectivity index (χ0n) is 9.61. The second kappa shape index (κ2) is 5.18. The SMILES string of the molecule is O=C(OC1CCCCC1)C([O-])(C(F)(F)F)C(F)(F)F. The molecular formula is C10H11F6O3-. The van der Waals surface area contributed by atoms with E-state index in [1.165, 1.54) is 0 Å². The highest BCUT2D eigenvalue weighted by atomic mass is 19.4. The summed E-state index contributed by atoms with van der Waals surface area (Å²) in [6.07, 6.45) is -11.5. The molecule has 0 aromatic heterocycles.